The third-order valence-corrected chi connectivity index (χ3v) is 2.17. The third kappa shape index (κ3) is 1.72. The Labute approximate surface area is 81.4 Å². The molecule has 5 nitrogen and oxygen atoms in total. The average molecular weight is 193 g/mol. The van der Waals surface area contributed by atoms with Crippen LogP contribution in [0.4, 0.5) is 0 Å². The van der Waals surface area contributed by atoms with Crippen molar-refractivity contribution in [3.8, 4) is 0 Å². The molecule has 5 heteroatoms. The lowest BCUT2D eigenvalue weighted by Gasteiger charge is -2.01. The number of rotatable bonds is 2. The Morgan fingerprint density at radius 2 is 2.43 bits per heavy atom. The number of fused-ring (bicyclic) bond motifs is 1. The predicted molar refractivity (Wildman–Crippen MR) is 48.5 cm³/mol. The number of nitrogens with zero attached hydrogens (tertiary/aromatic N) is 3. The molecule has 0 aliphatic carbocycles. The summed E-state index contributed by atoms with van der Waals surface area (Å²) in [6.07, 6.45) is 1.63. The summed E-state index contributed by atoms with van der Waals surface area (Å²) in [6.45, 7) is 1.63. The Hall–Kier alpha value is -1.49. The molecule has 0 unspecified atom stereocenters. The summed E-state index contributed by atoms with van der Waals surface area (Å²) in [7, 11) is 2.00. The van der Waals surface area contributed by atoms with Gasteiger partial charge in [-0.05, 0) is 7.05 Å². The lowest BCUT2D eigenvalue weighted by atomic mass is 10.2. The van der Waals surface area contributed by atoms with E-state index >= 15 is 0 Å². The van der Waals surface area contributed by atoms with Crippen LogP contribution in [0.3, 0.4) is 0 Å². The second-order valence-corrected chi connectivity index (χ2v) is 3.50. The maximum absolute atomic E-state index is 10.4. The molecule has 0 radical (unpaired) electrons. The predicted octanol–water partition coefficient (Wildman–Crippen LogP) is 0.0491. The summed E-state index contributed by atoms with van der Waals surface area (Å²) in [4.78, 5) is 20.8. The van der Waals surface area contributed by atoms with Gasteiger partial charge in [0.15, 0.2) is 0 Å². The van der Waals surface area contributed by atoms with Gasteiger partial charge in [0, 0.05) is 24.8 Å². The van der Waals surface area contributed by atoms with Crippen LogP contribution in [0.1, 0.15) is 17.1 Å². The van der Waals surface area contributed by atoms with Crippen LogP contribution in [0.5, 0.6) is 0 Å². The lowest BCUT2D eigenvalue weighted by molar-refractivity contribution is -0.136. The zero-order chi connectivity index (χ0) is 10.1. The molecule has 74 valence electrons. The van der Waals surface area contributed by atoms with Crippen molar-refractivity contribution >= 4 is 5.97 Å². The molecule has 0 spiro atoms. The van der Waals surface area contributed by atoms with Crippen LogP contribution in [0, 0.1) is 0 Å². The van der Waals surface area contributed by atoms with Gasteiger partial charge in [0.05, 0.1) is 5.69 Å². The first-order valence-electron chi connectivity index (χ1n) is 4.39. The minimum atomic E-state index is -0.892. The molecule has 0 atom stereocenters. The number of carboxylic acids is 1. The number of carboxylic acid groups (broad SMARTS) is 1. The van der Waals surface area contributed by atoms with Gasteiger partial charge in [-0.1, -0.05) is 0 Å². The fraction of sp³-hybridized carbons (Fsp3) is 0.444. The van der Waals surface area contributed by atoms with Crippen LogP contribution < -0.4 is 0 Å². The van der Waals surface area contributed by atoms with E-state index in [1.807, 2.05) is 7.05 Å². The normalized spacial score (nSPS) is 15.5. The Morgan fingerprint density at radius 1 is 1.64 bits per heavy atom. The Kier molecular flexibility index (Phi) is 2.17. The number of hydrogen-bond donors (Lipinski definition) is 1. The van der Waals surface area contributed by atoms with Crippen LogP contribution >= 0.6 is 0 Å². The summed E-state index contributed by atoms with van der Waals surface area (Å²) >= 11 is 0. The molecule has 1 aliphatic rings. The van der Waals surface area contributed by atoms with E-state index in [1.165, 1.54) is 0 Å². The van der Waals surface area contributed by atoms with Gasteiger partial charge in [0.1, 0.15) is 12.2 Å². The molecule has 0 amide bonds. The van der Waals surface area contributed by atoms with Crippen molar-refractivity contribution in [2.75, 3.05) is 7.05 Å². The molecular weight excluding hydrogens is 182 g/mol. The summed E-state index contributed by atoms with van der Waals surface area (Å²) in [6, 6.07) is 0. The van der Waals surface area contributed by atoms with Crippen LogP contribution in [-0.2, 0) is 24.3 Å². The Bertz CT molecular complexity index is 378. The molecule has 0 fully saturated rings. The summed E-state index contributed by atoms with van der Waals surface area (Å²) < 4.78 is 0. The number of hydrogen-bond acceptors (Lipinski definition) is 4. The highest BCUT2D eigenvalue weighted by Crippen LogP contribution is 2.17. The van der Waals surface area contributed by atoms with E-state index in [2.05, 4.69) is 14.9 Å². The fourth-order valence-corrected chi connectivity index (χ4v) is 1.58. The van der Waals surface area contributed by atoms with Crippen molar-refractivity contribution in [1.29, 1.82) is 0 Å². The maximum atomic E-state index is 10.4. The summed E-state index contributed by atoms with van der Waals surface area (Å²) in [5.41, 5.74) is 2.06. The number of carbonyl (C=O) groups is 1. The van der Waals surface area contributed by atoms with Crippen LogP contribution in [-0.4, -0.2) is 33.0 Å². The first-order chi connectivity index (χ1) is 6.65. The topological polar surface area (TPSA) is 66.3 Å². The van der Waals surface area contributed by atoms with Gasteiger partial charge in [-0.15, -0.1) is 0 Å². The molecule has 0 saturated carbocycles. The minimum Gasteiger partial charge on any atom is -0.481 e. The molecular formula is C9H11N3O2. The molecule has 2 heterocycles. The van der Waals surface area contributed by atoms with E-state index in [0.29, 0.717) is 5.82 Å². The van der Waals surface area contributed by atoms with Gasteiger partial charge in [-0.2, -0.15) is 0 Å². The van der Waals surface area contributed by atoms with Crippen LogP contribution in [0.2, 0.25) is 0 Å². The highest BCUT2D eigenvalue weighted by molar-refractivity contribution is 5.68. The lowest BCUT2D eigenvalue weighted by Crippen LogP contribution is -2.08. The molecule has 1 N–H and O–H groups in total. The van der Waals surface area contributed by atoms with Gasteiger partial charge in [0.25, 0.3) is 0 Å². The molecule has 0 aromatic carbocycles. The SMILES string of the molecule is CN1Cc2cnc(CC(=O)O)nc2C1. The quantitative estimate of drug-likeness (QED) is 0.718. The van der Waals surface area contributed by atoms with Crippen molar-refractivity contribution in [2.24, 2.45) is 0 Å². The molecule has 0 bridgehead atoms. The van der Waals surface area contributed by atoms with Crippen molar-refractivity contribution in [1.82, 2.24) is 14.9 Å². The monoisotopic (exact) mass is 193 g/mol. The van der Waals surface area contributed by atoms with E-state index in [0.717, 1.165) is 24.3 Å². The second kappa shape index (κ2) is 3.34. The number of aromatic nitrogens is 2. The van der Waals surface area contributed by atoms with Crippen LogP contribution in [0.15, 0.2) is 6.20 Å². The highest BCUT2D eigenvalue weighted by atomic mass is 16.4. The second-order valence-electron chi connectivity index (χ2n) is 3.50. The third-order valence-electron chi connectivity index (χ3n) is 2.17. The minimum absolute atomic E-state index is 0.100. The van der Waals surface area contributed by atoms with Crippen LogP contribution in [0.25, 0.3) is 0 Å². The Morgan fingerprint density at radius 3 is 3.14 bits per heavy atom. The molecule has 1 aromatic heterocycles. The largest absolute Gasteiger partial charge is 0.481 e. The zero-order valence-electron chi connectivity index (χ0n) is 7.90. The van der Waals surface area contributed by atoms with E-state index in [4.69, 9.17) is 5.11 Å². The van der Waals surface area contributed by atoms with Gasteiger partial charge in [0.2, 0.25) is 0 Å². The molecule has 1 aliphatic heterocycles. The van der Waals surface area contributed by atoms with Crippen molar-refractivity contribution in [3.63, 3.8) is 0 Å². The average Bonchev–Trinajstić information content (AvgIpc) is 2.42. The molecule has 2 rings (SSSR count). The van der Waals surface area contributed by atoms with Gasteiger partial charge in [-0.3, -0.25) is 9.69 Å². The maximum Gasteiger partial charge on any atom is 0.311 e. The fourth-order valence-electron chi connectivity index (χ4n) is 1.58. The zero-order valence-corrected chi connectivity index (χ0v) is 7.90. The van der Waals surface area contributed by atoms with Gasteiger partial charge in [-0.25, -0.2) is 9.97 Å². The molecule has 0 saturated heterocycles. The van der Waals surface area contributed by atoms with Crippen molar-refractivity contribution in [2.45, 2.75) is 19.5 Å². The van der Waals surface area contributed by atoms with E-state index in [9.17, 15) is 4.79 Å². The summed E-state index contributed by atoms with van der Waals surface area (Å²) in [5, 5.41) is 8.58. The molecule has 14 heavy (non-hydrogen) atoms. The standard InChI is InChI=1S/C9H11N3O2/c1-12-4-6-3-10-8(2-9(13)14)11-7(6)5-12/h3H,2,4-5H2,1H3,(H,13,14). The van der Waals surface area contributed by atoms with E-state index in [-0.39, 0.29) is 6.42 Å². The Balaban J connectivity index is 2.24. The first-order valence-corrected chi connectivity index (χ1v) is 4.39. The van der Waals surface area contributed by atoms with Crippen molar-refractivity contribution < 1.29 is 9.90 Å². The molecule has 1 aromatic rings. The summed E-state index contributed by atoms with van der Waals surface area (Å²) in [5.74, 6) is -0.497. The number of aliphatic carboxylic acids is 1. The smallest absolute Gasteiger partial charge is 0.311 e. The highest BCUT2D eigenvalue weighted by Gasteiger charge is 2.18. The first kappa shape index (κ1) is 9.08. The van der Waals surface area contributed by atoms with E-state index < -0.39 is 5.97 Å². The van der Waals surface area contributed by atoms with E-state index in [1.54, 1.807) is 6.20 Å². The van der Waals surface area contributed by atoms with Gasteiger partial charge < -0.3 is 5.11 Å². The van der Waals surface area contributed by atoms with Crippen molar-refractivity contribution in [3.05, 3.63) is 23.3 Å². The van der Waals surface area contributed by atoms with Gasteiger partial charge >= 0.3 is 5.97 Å².